The first kappa shape index (κ1) is 17.1. The number of rotatable bonds is 6. The molecule has 0 saturated carbocycles. The highest BCUT2D eigenvalue weighted by Crippen LogP contribution is 2.26. The summed E-state index contributed by atoms with van der Waals surface area (Å²) >= 11 is 9.05. The number of thiophene rings is 1. The van der Waals surface area contributed by atoms with Crippen molar-refractivity contribution >= 4 is 40.6 Å². The van der Waals surface area contributed by atoms with E-state index in [0.29, 0.717) is 18.7 Å². The van der Waals surface area contributed by atoms with Crippen molar-refractivity contribution in [2.75, 3.05) is 32.9 Å². The minimum atomic E-state index is -0.389. The van der Waals surface area contributed by atoms with Gasteiger partial charge in [0, 0.05) is 29.8 Å². The van der Waals surface area contributed by atoms with E-state index in [2.05, 4.69) is 4.90 Å². The summed E-state index contributed by atoms with van der Waals surface area (Å²) in [6.07, 6.45) is 0.287. The standard InChI is InChI=1S/C14H21ClN2O2S2/c1-16(2)6-10-5-11(18)7-17(10)14(19)9-20-8-12-3-4-13(15)21-12/h3-4,10-11,18H,5-9H2,1-2H3. The topological polar surface area (TPSA) is 43.8 Å². The SMILES string of the molecule is CN(C)CC1CC(O)CN1C(=O)CSCc1ccc(Cl)s1. The van der Waals surface area contributed by atoms with Gasteiger partial charge in [-0.2, -0.15) is 0 Å². The van der Waals surface area contributed by atoms with Gasteiger partial charge in [0.1, 0.15) is 0 Å². The molecule has 1 saturated heterocycles. The molecule has 2 unspecified atom stereocenters. The molecule has 0 aliphatic carbocycles. The number of likely N-dealkylation sites (tertiary alicyclic amines) is 1. The zero-order chi connectivity index (χ0) is 15.4. The van der Waals surface area contributed by atoms with Crippen LogP contribution >= 0.6 is 34.7 Å². The number of aliphatic hydroxyl groups excluding tert-OH is 1. The second kappa shape index (κ2) is 7.83. The third-order valence-corrected chi connectivity index (χ3v) is 5.77. The van der Waals surface area contributed by atoms with E-state index in [1.807, 2.05) is 31.1 Å². The van der Waals surface area contributed by atoms with E-state index in [9.17, 15) is 9.90 Å². The van der Waals surface area contributed by atoms with Crippen molar-refractivity contribution in [1.82, 2.24) is 9.80 Å². The third kappa shape index (κ3) is 5.14. The number of hydrogen-bond acceptors (Lipinski definition) is 5. The minimum absolute atomic E-state index is 0.117. The van der Waals surface area contributed by atoms with E-state index in [1.165, 1.54) is 4.88 Å². The average molecular weight is 349 g/mol. The average Bonchev–Trinajstić information content (AvgIpc) is 2.95. The normalized spacial score (nSPS) is 22.2. The van der Waals surface area contributed by atoms with Gasteiger partial charge in [-0.1, -0.05) is 11.6 Å². The highest BCUT2D eigenvalue weighted by atomic mass is 35.5. The van der Waals surface area contributed by atoms with Crippen molar-refractivity contribution in [2.24, 2.45) is 0 Å². The summed E-state index contributed by atoms with van der Waals surface area (Å²) in [5.74, 6) is 1.37. The van der Waals surface area contributed by atoms with Gasteiger partial charge in [0.15, 0.2) is 0 Å². The van der Waals surface area contributed by atoms with E-state index >= 15 is 0 Å². The fraction of sp³-hybridized carbons (Fsp3) is 0.643. The molecule has 1 amide bonds. The molecule has 1 aromatic heterocycles. The molecule has 1 N–H and O–H groups in total. The predicted molar refractivity (Wildman–Crippen MR) is 90.2 cm³/mol. The highest BCUT2D eigenvalue weighted by molar-refractivity contribution is 7.99. The van der Waals surface area contributed by atoms with Gasteiger partial charge in [0.25, 0.3) is 0 Å². The molecule has 2 rings (SSSR count). The number of carbonyl (C=O) groups is 1. The van der Waals surface area contributed by atoms with Crippen LogP contribution in [0.25, 0.3) is 0 Å². The smallest absolute Gasteiger partial charge is 0.232 e. The quantitative estimate of drug-likeness (QED) is 0.855. The largest absolute Gasteiger partial charge is 0.391 e. The number of nitrogens with zero attached hydrogens (tertiary/aromatic N) is 2. The minimum Gasteiger partial charge on any atom is -0.391 e. The molecule has 1 aliphatic rings. The summed E-state index contributed by atoms with van der Waals surface area (Å²) in [4.78, 5) is 17.4. The van der Waals surface area contributed by atoms with Gasteiger partial charge < -0.3 is 14.9 Å². The summed E-state index contributed by atoms with van der Waals surface area (Å²) in [5, 5.41) is 9.81. The maximum absolute atomic E-state index is 12.3. The molecular formula is C14H21ClN2O2S2. The molecule has 0 radical (unpaired) electrons. The number of carbonyl (C=O) groups excluding carboxylic acids is 1. The Morgan fingerprint density at radius 1 is 1.57 bits per heavy atom. The molecular weight excluding hydrogens is 328 g/mol. The lowest BCUT2D eigenvalue weighted by atomic mass is 10.2. The van der Waals surface area contributed by atoms with Crippen LogP contribution in [0.3, 0.4) is 0 Å². The second-order valence-electron chi connectivity index (χ2n) is 5.55. The van der Waals surface area contributed by atoms with Gasteiger partial charge >= 0.3 is 0 Å². The number of halogens is 1. The number of likely N-dealkylation sites (N-methyl/N-ethyl adjacent to an activating group) is 1. The van der Waals surface area contributed by atoms with Crippen LogP contribution in [0.5, 0.6) is 0 Å². The van der Waals surface area contributed by atoms with E-state index in [1.54, 1.807) is 23.1 Å². The number of hydrogen-bond donors (Lipinski definition) is 1. The van der Waals surface area contributed by atoms with Crippen LogP contribution in [0, 0.1) is 0 Å². The first-order chi connectivity index (χ1) is 9.95. The van der Waals surface area contributed by atoms with Crippen molar-refractivity contribution in [3.63, 3.8) is 0 Å². The Bertz CT molecular complexity index is 481. The summed E-state index contributed by atoms with van der Waals surface area (Å²) in [7, 11) is 3.98. The lowest BCUT2D eigenvalue weighted by Gasteiger charge is -2.26. The molecule has 1 aromatic rings. The van der Waals surface area contributed by atoms with Gasteiger partial charge in [-0.3, -0.25) is 4.79 Å². The first-order valence-electron chi connectivity index (χ1n) is 6.90. The predicted octanol–water partition coefficient (Wildman–Crippen LogP) is 2.16. The Morgan fingerprint density at radius 2 is 2.33 bits per heavy atom. The van der Waals surface area contributed by atoms with Crippen LogP contribution in [-0.2, 0) is 10.5 Å². The summed E-state index contributed by atoms with van der Waals surface area (Å²) in [6, 6.07) is 4.01. The first-order valence-corrected chi connectivity index (χ1v) is 9.25. The second-order valence-corrected chi connectivity index (χ2v) is 8.34. The maximum Gasteiger partial charge on any atom is 0.232 e. The Hall–Kier alpha value is -0.270. The fourth-order valence-corrected chi connectivity index (χ4v) is 4.65. The summed E-state index contributed by atoms with van der Waals surface area (Å²) < 4.78 is 0.783. The summed E-state index contributed by atoms with van der Waals surface area (Å²) in [5.41, 5.74) is 0. The lowest BCUT2D eigenvalue weighted by Crippen LogP contribution is -2.42. The van der Waals surface area contributed by atoms with Gasteiger partial charge in [-0.15, -0.1) is 23.1 Å². The molecule has 0 aromatic carbocycles. The summed E-state index contributed by atoms with van der Waals surface area (Å²) in [6.45, 7) is 1.26. The van der Waals surface area contributed by atoms with Crippen molar-refractivity contribution < 1.29 is 9.90 Å². The Morgan fingerprint density at radius 3 is 2.95 bits per heavy atom. The van der Waals surface area contributed by atoms with Crippen LogP contribution < -0.4 is 0 Å². The van der Waals surface area contributed by atoms with Crippen molar-refractivity contribution in [1.29, 1.82) is 0 Å². The van der Waals surface area contributed by atoms with Crippen molar-refractivity contribution in [3.8, 4) is 0 Å². The molecule has 1 fully saturated rings. The van der Waals surface area contributed by atoms with Gasteiger partial charge in [0.2, 0.25) is 5.91 Å². The zero-order valence-electron chi connectivity index (χ0n) is 12.3. The highest BCUT2D eigenvalue weighted by Gasteiger charge is 2.34. The molecule has 0 spiro atoms. The number of aliphatic hydroxyl groups is 1. The Balaban J connectivity index is 1.81. The van der Waals surface area contributed by atoms with E-state index in [-0.39, 0.29) is 18.1 Å². The van der Waals surface area contributed by atoms with Crippen LogP contribution in [-0.4, -0.2) is 65.9 Å². The van der Waals surface area contributed by atoms with Crippen molar-refractivity contribution in [2.45, 2.75) is 24.3 Å². The van der Waals surface area contributed by atoms with Crippen LogP contribution in [0.15, 0.2) is 12.1 Å². The molecule has 2 atom stereocenters. The molecule has 1 aliphatic heterocycles. The number of amides is 1. The lowest BCUT2D eigenvalue weighted by molar-refractivity contribution is -0.129. The van der Waals surface area contributed by atoms with Crippen LogP contribution in [0.4, 0.5) is 0 Å². The van der Waals surface area contributed by atoms with Gasteiger partial charge in [-0.05, 0) is 32.6 Å². The van der Waals surface area contributed by atoms with Gasteiger partial charge in [-0.25, -0.2) is 0 Å². The third-order valence-electron chi connectivity index (χ3n) is 3.39. The van der Waals surface area contributed by atoms with E-state index < -0.39 is 0 Å². The maximum atomic E-state index is 12.3. The van der Waals surface area contributed by atoms with Gasteiger partial charge in [0.05, 0.1) is 16.2 Å². The fourth-order valence-electron chi connectivity index (χ4n) is 2.54. The van der Waals surface area contributed by atoms with E-state index in [4.69, 9.17) is 11.6 Å². The Labute approximate surface area is 139 Å². The molecule has 0 bridgehead atoms. The Kier molecular flexibility index (Phi) is 6.37. The molecule has 2 heterocycles. The molecule has 118 valence electrons. The zero-order valence-corrected chi connectivity index (χ0v) is 14.7. The van der Waals surface area contributed by atoms with Crippen LogP contribution in [0.2, 0.25) is 4.34 Å². The number of thioether (sulfide) groups is 1. The monoisotopic (exact) mass is 348 g/mol. The van der Waals surface area contributed by atoms with Crippen LogP contribution in [0.1, 0.15) is 11.3 Å². The molecule has 4 nitrogen and oxygen atoms in total. The van der Waals surface area contributed by atoms with Crippen molar-refractivity contribution in [3.05, 3.63) is 21.3 Å². The molecule has 7 heteroatoms. The number of β-amino-alcohol motifs (C(OH)–C–C–N with tert-alkyl or cyclic N) is 1. The van der Waals surface area contributed by atoms with E-state index in [0.717, 1.165) is 16.6 Å². The molecule has 21 heavy (non-hydrogen) atoms.